The Bertz CT molecular complexity index is 581. The van der Waals surface area contributed by atoms with Crippen molar-refractivity contribution in [2.45, 2.75) is 6.61 Å². The zero-order valence-electron chi connectivity index (χ0n) is 9.52. The summed E-state index contributed by atoms with van der Waals surface area (Å²) in [5.41, 5.74) is 1.63. The lowest BCUT2D eigenvalue weighted by Gasteiger charge is -2.07. The van der Waals surface area contributed by atoms with Crippen molar-refractivity contribution in [2.75, 3.05) is 6.61 Å². The van der Waals surface area contributed by atoms with E-state index in [0.29, 0.717) is 18.8 Å². The van der Waals surface area contributed by atoms with Gasteiger partial charge >= 0.3 is 0 Å². The maximum Gasteiger partial charge on any atom is 0.100 e. The van der Waals surface area contributed by atoms with Gasteiger partial charge in [0, 0.05) is 0 Å². The smallest absolute Gasteiger partial charge is 0.100 e. The molecule has 0 spiro atoms. The van der Waals surface area contributed by atoms with Crippen molar-refractivity contribution in [3.05, 3.63) is 60.2 Å². The maximum atomic E-state index is 9.25. The number of benzene rings is 2. The van der Waals surface area contributed by atoms with Crippen LogP contribution in [0.15, 0.2) is 49.1 Å². The third-order valence-electron chi connectivity index (χ3n) is 2.62. The summed E-state index contributed by atoms with van der Waals surface area (Å²) in [4.78, 5) is 0. The first-order chi connectivity index (χ1) is 8.36. The molecular weight excluding hydrogens is 210 g/mol. The molecule has 0 N–H and O–H groups in total. The van der Waals surface area contributed by atoms with Crippen LogP contribution in [0.4, 0.5) is 0 Å². The molecule has 2 aromatic carbocycles. The van der Waals surface area contributed by atoms with E-state index < -0.39 is 0 Å². The van der Waals surface area contributed by atoms with Crippen LogP contribution in [0.3, 0.4) is 0 Å². The van der Waals surface area contributed by atoms with E-state index in [-0.39, 0.29) is 0 Å². The summed E-state index contributed by atoms with van der Waals surface area (Å²) in [7, 11) is 0. The van der Waals surface area contributed by atoms with Crippen molar-refractivity contribution >= 4 is 10.8 Å². The second-order valence-electron chi connectivity index (χ2n) is 3.74. The van der Waals surface area contributed by atoms with Crippen LogP contribution in [0.5, 0.6) is 0 Å². The van der Waals surface area contributed by atoms with E-state index in [9.17, 15) is 5.26 Å². The van der Waals surface area contributed by atoms with Crippen LogP contribution < -0.4 is 0 Å². The van der Waals surface area contributed by atoms with E-state index in [1.165, 1.54) is 0 Å². The van der Waals surface area contributed by atoms with Crippen LogP contribution >= 0.6 is 0 Å². The molecule has 2 rings (SSSR count). The van der Waals surface area contributed by atoms with Gasteiger partial charge in [0.2, 0.25) is 0 Å². The summed E-state index contributed by atoms with van der Waals surface area (Å²) in [5.74, 6) is 0. The molecule has 0 aromatic heterocycles. The molecule has 17 heavy (non-hydrogen) atoms. The fourth-order valence-corrected chi connectivity index (χ4v) is 1.82. The minimum absolute atomic E-state index is 0.444. The standard InChI is InChI=1S/C15H13NO/c1-2-9-17-11-13-8-7-12-5-3-4-6-14(12)15(13)10-16/h2-8H,1,9,11H2. The zero-order chi connectivity index (χ0) is 12.1. The molecule has 2 heteroatoms. The molecule has 0 aliphatic rings. The van der Waals surface area contributed by atoms with Crippen molar-refractivity contribution in [3.8, 4) is 6.07 Å². The SMILES string of the molecule is C=CCOCc1ccc2ccccc2c1C#N. The molecule has 0 fully saturated rings. The third-order valence-corrected chi connectivity index (χ3v) is 2.62. The summed E-state index contributed by atoms with van der Waals surface area (Å²) in [6.45, 7) is 4.54. The molecule has 0 amide bonds. The van der Waals surface area contributed by atoms with Crippen molar-refractivity contribution in [3.63, 3.8) is 0 Å². The molecule has 0 radical (unpaired) electrons. The Labute approximate surface area is 101 Å². The van der Waals surface area contributed by atoms with E-state index in [1.807, 2.05) is 36.4 Å². The van der Waals surface area contributed by atoms with Gasteiger partial charge in [-0.15, -0.1) is 6.58 Å². The molecule has 2 nitrogen and oxygen atoms in total. The fourth-order valence-electron chi connectivity index (χ4n) is 1.82. The molecule has 84 valence electrons. The van der Waals surface area contributed by atoms with E-state index >= 15 is 0 Å². The molecule has 0 unspecified atom stereocenters. The Hall–Kier alpha value is -2.11. The second kappa shape index (κ2) is 5.29. The first-order valence-electron chi connectivity index (χ1n) is 5.46. The molecule has 0 aliphatic carbocycles. The van der Waals surface area contributed by atoms with Crippen molar-refractivity contribution in [2.24, 2.45) is 0 Å². The Morgan fingerprint density at radius 1 is 1.24 bits per heavy atom. The van der Waals surface area contributed by atoms with Gasteiger partial charge in [-0.1, -0.05) is 42.5 Å². The number of rotatable bonds is 4. The van der Waals surface area contributed by atoms with Gasteiger partial charge in [0.15, 0.2) is 0 Å². The lowest BCUT2D eigenvalue weighted by molar-refractivity contribution is 0.149. The molecule has 0 aliphatic heterocycles. The van der Waals surface area contributed by atoms with Gasteiger partial charge in [0.1, 0.15) is 6.07 Å². The average molecular weight is 223 g/mol. The number of hydrogen-bond acceptors (Lipinski definition) is 2. The number of nitriles is 1. The molecule has 0 bridgehead atoms. The van der Waals surface area contributed by atoms with Crippen LogP contribution in [-0.4, -0.2) is 6.61 Å². The highest BCUT2D eigenvalue weighted by molar-refractivity contribution is 5.88. The van der Waals surface area contributed by atoms with Gasteiger partial charge in [-0.05, 0) is 16.3 Å². The van der Waals surface area contributed by atoms with Gasteiger partial charge in [-0.25, -0.2) is 0 Å². The minimum atomic E-state index is 0.444. The predicted molar refractivity (Wildman–Crippen MR) is 68.5 cm³/mol. The van der Waals surface area contributed by atoms with E-state index in [4.69, 9.17) is 4.74 Å². The van der Waals surface area contributed by atoms with Crippen LogP contribution in [-0.2, 0) is 11.3 Å². The molecule has 0 saturated heterocycles. The lowest BCUT2D eigenvalue weighted by atomic mass is 10.0. The van der Waals surface area contributed by atoms with Gasteiger partial charge in [-0.3, -0.25) is 0 Å². The minimum Gasteiger partial charge on any atom is -0.373 e. The average Bonchev–Trinajstić information content (AvgIpc) is 2.38. The van der Waals surface area contributed by atoms with Gasteiger partial charge in [0.05, 0.1) is 18.8 Å². The predicted octanol–water partition coefficient (Wildman–Crippen LogP) is 3.41. The van der Waals surface area contributed by atoms with E-state index in [2.05, 4.69) is 12.6 Å². The monoisotopic (exact) mass is 223 g/mol. The number of ether oxygens (including phenoxy) is 1. The van der Waals surface area contributed by atoms with Crippen LogP contribution in [0.25, 0.3) is 10.8 Å². The lowest BCUT2D eigenvalue weighted by Crippen LogP contribution is -1.96. The molecule has 0 saturated carbocycles. The molecule has 0 heterocycles. The van der Waals surface area contributed by atoms with Gasteiger partial charge in [-0.2, -0.15) is 5.26 Å². The Balaban J connectivity index is 2.43. The Morgan fingerprint density at radius 2 is 2.06 bits per heavy atom. The fraction of sp³-hybridized carbons (Fsp3) is 0.133. The van der Waals surface area contributed by atoms with Crippen LogP contribution in [0, 0.1) is 11.3 Å². The highest BCUT2D eigenvalue weighted by atomic mass is 16.5. The molecule has 0 atom stereocenters. The Kier molecular flexibility index (Phi) is 3.54. The largest absolute Gasteiger partial charge is 0.373 e. The van der Waals surface area contributed by atoms with Crippen LogP contribution in [0.1, 0.15) is 11.1 Å². The van der Waals surface area contributed by atoms with Crippen molar-refractivity contribution in [1.29, 1.82) is 5.26 Å². The zero-order valence-corrected chi connectivity index (χ0v) is 9.52. The highest BCUT2D eigenvalue weighted by Gasteiger charge is 2.06. The molecular formula is C15H13NO. The first kappa shape index (κ1) is 11.4. The number of hydrogen-bond donors (Lipinski definition) is 0. The summed E-state index contributed by atoms with van der Waals surface area (Å²) >= 11 is 0. The molecule has 2 aromatic rings. The van der Waals surface area contributed by atoms with E-state index in [0.717, 1.165) is 16.3 Å². The number of nitrogens with zero attached hydrogens (tertiary/aromatic N) is 1. The third kappa shape index (κ3) is 2.35. The quantitative estimate of drug-likeness (QED) is 0.587. The van der Waals surface area contributed by atoms with Gasteiger partial charge < -0.3 is 4.74 Å². The highest BCUT2D eigenvalue weighted by Crippen LogP contribution is 2.22. The summed E-state index contributed by atoms with van der Waals surface area (Å²) in [5, 5.41) is 11.3. The summed E-state index contributed by atoms with van der Waals surface area (Å²) in [6.07, 6.45) is 1.70. The summed E-state index contributed by atoms with van der Waals surface area (Å²) in [6, 6.07) is 14.1. The second-order valence-corrected chi connectivity index (χ2v) is 3.74. The van der Waals surface area contributed by atoms with E-state index in [1.54, 1.807) is 6.08 Å². The Morgan fingerprint density at radius 3 is 2.82 bits per heavy atom. The van der Waals surface area contributed by atoms with Gasteiger partial charge in [0.25, 0.3) is 0 Å². The first-order valence-corrected chi connectivity index (χ1v) is 5.46. The topological polar surface area (TPSA) is 33.0 Å². The van der Waals surface area contributed by atoms with Crippen molar-refractivity contribution < 1.29 is 4.74 Å². The normalized spacial score (nSPS) is 10.1. The number of fused-ring (bicyclic) bond motifs is 1. The summed E-state index contributed by atoms with van der Waals surface area (Å²) < 4.78 is 5.39. The maximum absolute atomic E-state index is 9.25. The van der Waals surface area contributed by atoms with Crippen LogP contribution in [0.2, 0.25) is 0 Å². The van der Waals surface area contributed by atoms with Crippen molar-refractivity contribution in [1.82, 2.24) is 0 Å².